The molecule has 1 aliphatic carbocycles. The van der Waals surface area contributed by atoms with Gasteiger partial charge in [0, 0.05) is 12.6 Å². The van der Waals surface area contributed by atoms with Gasteiger partial charge >= 0.3 is 5.97 Å². The molecule has 0 saturated heterocycles. The minimum atomic E-state index is -1.13. The van der Waals surface area contributed by atoms with Gasteiger partial charge in [-0.25, -0.2) is 4.79 Å². The van der Waals surface area contributed by atoms with Crippen molar-refractivity contribution in [2.75, 3.05) is 5.32 Å². The van der Waals surface area contributed by atoms with Gasteiger partial charge in [-0.05, 0) is 32.6 Å². The van der Waals surface area contributed by atoms with E-state index in [1.807, 2.05) is 0 Å². The molecule has 1 saturated carbocycles. The highest BCUT2D eigenvalue weighted by atomic mass is 16.4. The number of rotatable bonds is 7. The Balaban J connectivity index is 1.79. The molecule has 122 valence electrons. The molecule has 0 bridgehead atoms. The average Bonchev–Trinajstić information content (AvgIpc) is 3.10. The summed E-state index contributed by atoms with van der Waals surface area (Å²) >= 11 is 0. The highest BCUT2D eigenvalue weighted by Crippen LogP contribution is 2.29. The highest BCUT2D eigenvalue weighted by Gasteiger charge is 2.30. The zero-order valence-electron chi connectivity index (χ0n) is 13.3. The van der Waals surface area contributed by atoms with Crippen molar-refractivity contribution in [3.05, 3.63) is 12.4 Å². The van der Waals surface area contributed by atoms with Crippen LogP contribution >= 0.6 is 0 Å². The Labute approximate surface area is 130 Å². The molecule has 1 aliphatic rings. The number of hydrogen-bond donors (Lipinski definition) is 2. The van der Waals surface area contributed by atoms with E-state index in [-0.39, 0.29) is 5.91 Å². The van der Waals surface area contributed by atoms with E-state index in [0.29, 0.717) is 12.1 Å². The predicted octanol–water partition coefficient (Wildman–Crippen LogP) is 3.00. The maximum absolute atomic E-state index is 11.9. The molecule has 0 atom stereocenters. The lowest BCUT2D eigenvalue weighted by Crippen LogP contribution is -2.35. The van der Waals surface area contributed by atoms with Crippen LogP contribution in [0.2, 0.25) is 0 Å². The van der Waals surface area contributed by atoms with E-state index >= 15 is 0 Å². The Morgan fingerprint density at radius 2 is 2.09 bits per heavy atom. The minimum absolute atomic E-state index is 0.0364. The van der Waals surface area contributed by atoms with Gasteiger partial charge in [0.2, 0.25) is 5.91 Å². The van der Waals surface area contributed by atoms with Gasteiger partial charge in [0.05, 0.1) is 11.9 Å². The monoisotopic (exact) mass is 307 g/mol. The second-order valence-corrected chi connectivity index (χ2v) is 6.63. The zero-order chi connectivity index (χ0) is 16.2. The zero-order valence-corrected chi connectivity index (χ0v) is 13.3. The molecule has 0 aliphatic heterocycles. The topological polar surface area (TPSA) is 84.2 Å². The summed E-state index contributed by atoms with van der Waals surface area (Å²) in [6, 6.07) is 0. The Hall–Kier alpha value is -1.85. The summed E-state index contributed by atoms with van der Waals surface area (Å²) in [4.78, 5) is 23.1. The van der Waals surface area contributed by atoms with Gasteiger partial charge in [-0.1, -0.05) is 25.7 Å². The van der Waals surface area contributed by atoms with Crippen LogP contribution in [0.1, 0.15) is 58.8 Å². The van der Waals surface area contributed by atoms with E-state index < -0.39 is 11.5 Å². The van der Waals surface area contributed by atoms with Crippen LogP contribution in [0.15, 0.2) is 12.4 Å². The summed E-state index contributed by atoms with van der Waals surface area (Å²) < 4.78 is 1.35. The van der Waals surface area contributed by atoms with Gasteiger partial charge in [-0.2, -0.15) is 5.10 Å². The van der Waals surface area contributed by atoms with Gasteiger partial charge in [-0.15, -0.1) is 0 Å². The summed E-state index contributed by atoms with van der Waals surface area (Å²) in [5.41, 5.74) is -0.592. The number of amides is 1. The Bertz CT molecular complexity index is 530. The van der Waals surface area contributed by atoms with Gasteiger partial charge < -0.3 is 10.4 Å². The van der Waals surface area contributed by atoms with Crippen LogP contribution in [0.3, 0.4) is 0 Å². The van der Waals surface area contributed by atoms with Crippen molar-refractivity contribution >= 4 is 17.6 Å². The van der Waals surface area contributed by atoms with Crippen molar-refractivity contribution < 1.29 is 14.7 Å². The molecule has 6 nitrogen and oxygen atoms in total. The number of carbonyl (C=O) groups excluding carboxylic acids is 1. The molecule has 1 aromatic heterocycles. The Kier molecular flexibility index (Phi) is 5.21. The number of carboxylic acid groups (broad SMARTS) is 1. The van der Waals surface area contributed by atoms with Crippen LogP contribution < -0.4 is 5.32 Å². The number of carbonyl (C=O) groups is 2. The molecule has 0 radical (unpaired) electrons. The van der Waals surface area contributed by atoms with Gasteiger partial charge in [0.25, 0.3) is 0 Å². The van der Waals surface area contributed by atoms with E-state index in [1.54, 1.807) is 20.0 Å². The van der Waals surface area contributed by atoms with Crippen LogP contribution in [0, 0.1) is 5.92 Å². The maximum atomic E-state index is 11.9. The van der Waals surface area contributed by atoms with E-state index in [2.05, 4.69) is 10.4 Å². The van der Waals surface area contributed by atoms with Crippen LogP contribution in [-0.4, -0.2) is 26.8 Å². The lowest BCUT2D eigenvalue weighted by Gasteiger charge is -2.19. The van der Waals surface area contributed by atoms with Crippen molar-refractivity contribution in [2.24, 2.45) is 5.92 Å². The minimum Gasteiger partial charge on any atom is -0.479 e. The van der Waals surface area contributed by atoms with Crippen molar-refractivity contribution in [2.45, 2.75) is 64.3 Å². The Morgan fingerprint density at radius 3 is 2.73 bits per heavy atom. The standard InChI is InChI=1S/C16H25N3O3/c1-16(2,15(21)22)19-11-13(10-17-19)18-14(20)9-5-8-12-6-3-4-7-12/h10-12H,3-9H2,1-2H3,(H,18,20)(H,21,22). The summed E-state index contributed by atoms with van der Waals surface area (Å²) in [6.45, 7) is 3.13. The number of aromatic nitrogens is 2. The molecule has 2 rings (SSSR count). The molecule has 2 N–H and O–H groups in total. The van der Waals surface area contributed by atoms with Crippen molar-refractivity contribution in [3.63, 3.8) is 0 Å². The molecule has 0 aromatic carbocycles. The van der Waals surface area contributed by atoms with Crippen LogP contribution in [-0.2, 0) is 15.1 Å². The number of anilines is 1. The number of nitrogens with one attached hydrogen (secondary N) is 1. The van der Waals surface area contributed by atoms with Crippen LogP contribution in [0.25, 0.3) is 0 Å². The molecule has 0 unspecified atom stereocenters. The smallest absolute Gasteiger partial charge is 0.331 e. The molecule has 1 fully saturated rings. The SMILES string of the molecule is CC(C)(C(=O)O)n1cc(NC(=O)CCCC2CCCC2)cn1. The van der Waals surface area contributed by atoms with Crippen molar-refractivity contribution in [1.29, 1.82) is 0 Å². The number of hydrogen-bond acceptors (Lipinski definition) is 3. The summed E-state index contributed by atoms with van der Waals surface area (Å²) in [5.74, 6) is -0.206. The normalized spacial score (nSPS) is 15.9. The fourth-order valence-electron chi connectivity index (χ4n) is 2.86. The summed E-state index contributed by atoms with van der Waals surface area (Å²) in [6.07, 6.45) is 10.8. The fraction of sp³-hybridized carbons (Fsp3) is 0.688. The second-order valence-electron chi connectivity index (χ2n) is 6.63. The number of nitrogens with zero attached hydrogens (tertiary/aromatic N) is 2. The van der Waals surface area contributed by atoms with E-state index in [1.165, 1.54) is 36.6 Å². The predicted molar refractivity (Wildman–Crippen MR) is 83.6 cm³/mol. The third kappa shape index (κ3) is 4.08. The van der Waals surface area contributed by atoms with Gasteiger partial charge in [-0.3, -0.25) is 9.48 Å². The molecule has 6 heteroatoms. The van der Waals surface area contributed by atoms with Crippen molar-refractivity contribution in [3.8, 4) is 0 Å². The van der Waals surface area contributed by atoms with E-state index in [4.69, 9.17) is 5.11 Å². The lowest BCUT2D eigenvalue weighted by atomic mass is 10.0. The quantitative estimate of drug-likeness (QED) is 0.811. The molecule has 1 aromatic rings. The number of aliphatic carboxylic acids is 1. The van der Waals surface area contributed by atoms with Gasteiger partial charge in [0.15, 0.2) is 5.54 Å². The van der Waals surface area contributed by atoms with Gasteiger partial charge in [0.1, 0.15) is 0 Å². The van der Waals surface area contributed by atoms with Crippen molar-refractivity contribution in [1.82, 2.24) is 9.78 Å². The first kappa shape index (κ1) is 16.5. The molecule has 22 heavy (non-hydrogen) atoms. The third-order valence-electron chi connectivity index (χ3n) is 4.45. The van der Waals surface area contributed by atoms with Crippen LogP contribution in [0.5, 0.6) is 0 Å². The molecule has 1 amide bonds. The molecular weight excluding hydrogens is 282 g/mol. The first-order chi connectivity index (χ1) is 10.4. The molecule has 1 heterocycles. The maximum Gasteiger partial charge on any atom is 0.331 e. The third-order valence-corrected chi connectivity index (χ3v) is 4.45. The summed E-state index contributed by atoms with van der Waals surface area (Å²) in [5, 5.41) is 16.0. The fourth-order valence-corrected chi connectivity index (χ4v) is 2.86. The highest BCUT2D eigenvalue weighted by molar-refractivity contribution is 5.90. The molecular formula is C16H25N3O3. The summed E-state index contributed by atoms with van der Waals surface area (Å²) in [7, 11) is 0. The first-order valence-electron chi connectivity index (χ1n) is 7.98. The Morgan fingerprint density at radius 1 is 1.41 bits per heavy atom. The lowest BCUT2D eigenvalue weighted by molar-refractivity contribution is -0.146. The molecule has 0 spiro atoms. The number of carboxylic acids is 1. The second kappa shape index (κ2) is 6.94. The van der Waals surface area contributed by atoms with E-state index in [0.717, 1.165) is 18.8 Å². The van der Waals surface area contributed by atoms with Crippen LogP contribution in [0.4, 0.5) is 5.69 Å². The van der Waals surface area contributed by atoms with E-state index in [9.17, 15) is 9.59 Å². The first-order valence-corrected chi connectivity index (χ1v) is 7.98. The average molecular weight is 307 g/mol. The largest absolute Gasteiger partial charge is 0.479 e.